The van der Waals surface area contributed by atoms with Crippen LogP contribution in [0.1, 0.15) is 13.8 Å². The lowest BCUT2D eigenvalue weighted by atomic mass is 10.1. The molecule has 0 aliphatic heterocycles. The number of aliphatic hydroxyl groups is 1. The van der Waals surface area contributed by atoms with Crippen LogP contribution in [0.25, 0.3) is 0 Å². The molecule has 0 aliphatic carbocycles. The SMILES string of the molecule is CN(CC(C)(C)O)c1cc(Br)ccc1N. The van der Waals surface area contributed by atoms with Crippen LogP contribution in [0.3, 0.4) is 0 Å². The third-order valence-electron chi connectivity index (χ3n) is 2.03. The first-order chi connectivity index (χ1) is 6.79. The molecule has 84 valence electrons. The van der Waals surface area contributed by atoms with Crippen molar-refractivity contribution in [3.05, 3.63) is 22.7 Å². The van der Waals surface area contributed by atoms with Crippen LogP contribution in [0.2, 0.25) is 0 Å². The molecule has 0 unspecified atom stereocenters. The molecule has 15 heavy (non-hydrogen) atoms. The molecule has 4 heteroatoms. The molecule has 0 aromatic heterocycles. The molecule has 0 amide bonds. The summed E-state index contributed by atoms with van der Waals surface area (Å²) < 4.78 is 0.981. The van der Waals surface area contributed by atoms with E-state index >= 15 is 0 Å². The summed E-state index contributed by atoms with van der Waals surface area (Å²) in [7, 11) is 1.91. The minimum atomic E-state index is -0.733. The van der Waals surface area contributed by atoms with Crippen molar-refractivity contribution in [3.63, 3.8) is 0 Å². The fraction of sp³-hybridized carbons (Fsp3) is 0.455. The van der Waals surface area contributed by atoms with Crippen LogP contribution in [0.4, 0.5) is 11.4 Å². The average molecular weight is 273 g/mol. The maximum absolute atomic E-state index is 9.72. The van der Waals surface area contributed by atoms with Gasteiger partial charge in [-0.3, -0.25) is 0 Å². The van der Waals surface area contributed by atoms with Crippen molar-refractivity contribution >= 4 is 27.3 Å². The number of hydrogen-bond acceptors (Lipinski definition) is 3. The lowest BCUT2D eigenvalue weighted by Gasteiger charge is -2.28. The number of nitrogens with two attached hydrogens (primary N) is 1. The van der Waals surface area contributed by atoms with E-state index in [0.29, 0.717) is 12.2 Å². The van der Waals surface area contributed by atoms with Crippen LogP contribution in [-0.2, 0) is 0 Å². The average Bonchev–Trinajstić information content (AvgIpc) is 2.06. The summed E-state index contributed by atoms with van der Waals surface area (Å²) in [6.45, 7) is 4.09. The van der Waals surface area contributed by atoms with Gasteiger partial charge in [0, 0.05) is 18.1 Å². The van der Waals surface area contributed by atoms with Gasteiger partial charge in [-0.1, -0.05) is 15.9 Å². The van der Waals surface area contributed by atoms with Gasteiger partial charge in [0.2, 0.25) is 0 Å². The van der Waals surface area contributed by atoms with Gasteiger partial charge in [-0.05, 0) is 32.0 Å². The molecule has 0 bridgehead atoms. The normalized spacial score (nSPS) is 11.5. The third kappa shape index (κ3) is 3.72. The van der Waals surface area contributed by atoms with Gasteiger partial charge in [0.15, 0.2) is 0 Å². The van der Waals surface area contributed by atoms with Crippen molar-refractivity contribution in [2.75, 3.05) is 24.2 Å². The highest BCUT2D eigenvalue weighted by atomic mass is 79.9. The fourth-order valence-corrected chi connectivity index (χ4v) is 1.86. The second-order valence-corrected chi connectivity index (χ2v) is 5.29. The number of halogens is 1. The Hall–Kier alpha value is -0.740. The topological polar surface area (TPSA) is 49.5 Å². The van der Waals surface area contributed by atoms with Crippen LogP contribution in [0.5, 0.6) is 0 Å². The van der Waals surface area contributed by atoms with Gasteiger partial charge in [-0.25, -0.2) is 0 Å². The molecule has 0 aliphatic rings. The van der Waals surface area contributed by atoms with Crippen molar-refractivity contribution in [2.24, 2.45) is 0 Å². The fourth-order valence-electron chi connectivity index (χ4n) is 1.51. The number of anilines is 2. The Bertz CT molecular complexity index is 347. The second kappa shape index (κ2) is 4.41. The molecule has 0 radical (unpaired) electrons. The number of rotatable bonds is 3. The van der Waals surface area contributed by atoms with Gasteiger partial charge in [0.05, 0.1) is 17.0 Å². The predicted molar refractivity (Wildman–Crippen MR) is 68.1 cm³/mol. The summed E-state index contributed by atoms with van der Waals surface area (Å²) in [5, 5.41) is 9.72. The Kier molecular flexibility index (Phi) is 3.62. The second-order valence-electron chi connectivity index (χ2n) is 4.37. The van der Waals surface area contributed by atoms with E-state index in [1.54, 1.807) is 13.8 Å². The summed E-state index contributed by atoms with van der Waals surface area (Å²) in [5.74, 6) is 0. The molecular formula is C11H17BrN2O. The maximum atomic E-state index is 9.72. The molecule has 1 aromatic carbocycles. The monoisotopic (exact) mass is 272 g/mol. The molecule has 0 heterocycles. The van der Waals surface area contributed by atoms with E-state index in [9.17, 15) is 5.11 Å². The van der Waals surface area contributed by atoms with Crippen LogP contribution >= 0.6 is 15.9 Å². The Morgan fingerprint density at radius 2 is 2.07 bits per heavy atom. The first-order valence-electron chi connectivity index (χ1n) is 4.78. The smallest absolute Gasteiger partial charge is 0.0765 e. The van der Waals surface area contributed by atoms with E-state index in [1.807, 2.05) is 30.1 Å². The van der Waals surface area contributed by atoms with Gasteiger partial charge >= 0.3 is 0 Å². The zero-order valence-electron chi connectivity index (χ0n) is 9.29. The Morgan fingerprint density at radius 1 is 1.47 bits per heavy atom. The minimum Gasteiger partial charge on any atom is -0.397 e. The van der Waals surface area contributed by atoms with E-state index in [-0.39, 0.29) is 0 Å². The molecule has 0 atom stereocenters. The van der Waals surface area contributed by atoms with E-state index < -0.39 is 5.60 Å². The molecule has 0 fully saturated rings. The third-order valence-corrected chi connectivity index (χ3v) is 2.52. The number of likely N-dealkylation sites (N-methyl/N-ethyl adjacent to an activating group) is 1. The van der Waals surface area contributed by atoms with Crippen LogP contribution < -0.4 is 10.6 Å². The molecule has 0 saturated carbocycles. The van der Waals surface area contributed by atoms with Gasteiger partial charge in [0.1, 0.15) is 0 Å². The quantitative estimate of drug-likeness (QED) is 0.830. The van der Waals surface area contributed by atoms with Crippen molar-refractivity contribution < 1.29 is 5.11 Å². The standard InChI is InChI=1S/C11H17BrN2O/c1-11(2,15)7-14(3)10-6-8(12)4-5-9(10)13/h4-6,15H,7,13H2,1-3H3. The predicted octanol–water partition coefficient (Wildman–Crippen LogP) is 2.24. The maximum Gasteiger partial charge on any atom is 0.0765 e. The molecule has 0 spiro atoms. The zero-order chi connectivity index (χ0) is 11.6. The molecule has 1 aromatic rings. The van der Waals surface area contributed by atoms with Crippen molar-refractivity contribution in [2.45, 2.75) is 19.4 Å². The highest BCUT2D eigenvalue weighted by molar-refractivity contribution is 9.10. The van der Waals surface area contributed by atoms with Gasteiger partial charge in [-0.2, -0.15) is 0 Å². The number of nitrogens with zero attached hydrogens (tertiary/aromatic N) is 1. The van der Waals surface area contributed by atoms with E-state index in [2.05, 4.69) is 15.9 Å². The summed E-state index contributed by atoms with van der Waals surface area (Å²) in [5.41, 5.74) is 6.77. The van der Waals surface area contributed by atoms with Crippen molar-refractivity contribution in [1.82, 2.24) is 0 Å². The summed E-state index contributed by atoms with van der Waals surface area (Å²) in [6, 6.07) is 5.69. The lowest BCUT2D eigenvalue weighted by Crippen LogP contribution is -2.36. The van der Waals surface area contributed by atoms with Crippen LogP contribution in [0, 0.1) is 0 Å². The highest BCUT2D eigenvalue weighted by Gasteiger charge is 2.17. The summed E-state index contributed by atoms with van der Waals surface area (Å²) in [6.07, 6.45) is 0. The minimum absolute atomic E-state index is 0.535. The lowest BCUT2D eigenvalue weighted by molar-refractivity contribution is 0.0886. The van der Waals surface area contributed by atoms with E-state index in [4.69, 9.17) is 5.73 Å². The van der Waals surface area contributed by atoms with Gasteiger partial charge in [-0.15, -0.1) is 0 Å². The van der Waals surface area contributed by atoms with Gasteiger partial charge < -0.3 is 15.7 Å². The van der Waals surface area contributed by atoms with Crippen LogP contribution in [-0.4, -0.2) is 24.3 Å². The Morgan fingerprint density at radius 3 is 2.60 bits per heavy atom. The van der Waals surface area contributed by atoms with E-state index in [0.717, 1.165) is 10.2 Å². The first-order valence-corrected chi connectivity index (χ1v) is 5.57. The zero-order valence-corrected chi connectivity index (χ0v) is 10.9. The molecule has 3 N–H and O–H groups in total. The number of hydrogen-bond donors (Lipinski definition) is 2. The molecule has 1 rings (SSSR count). The van der Waals surface area contributed by atoms with Crippen molar-refractivity contribution in [1.29, 1.82) is 0 Å². The number of benzene rings is 1. The molecule has 3 nitrogen and oxygen atoms in total. The summed E-state index contributed by atoms with van der Waals surface area (Å²) in [4.78, 5) is 1.94. The van der Waals surface area contributed by atoms with Gasteiger partial charge in [0.25, 0.3) is 0 Å². The number of nitrogen functional groups attached to an aromatic ring is 1. The first kappa shape index (κ1) is 12.3. The molecule has 0 saturated heterocycles. The van der Waals surface area contributed by atoms with Crippen LogP contribution in [0.15, 0.2) is 22.7 Å². The van der Waals surface area contributed by atoms with Crippen molar-refractivity contribution in [3.8, 4) is 0 Å². The highest BCUT2D eigenvalue weighted by Crippen LogP contribution is 2.27. The summed E-state index contributed by atoms with van der Waals surface area (Å²) >= 11 is 3.40. The Labute approximate surface area is 99.0 Å². The largest absolute Gasteiger partial charge is 0.397 e. The molecular weight excluding hydrogens is 256 g/mol. The Balaban J connectivity index is 2.90. The van der Waals surface area contributed by atoms with E-state index in [1.165, 1.54) is 0 Å².